The van der Waals surface area contributed by atoms with Crippen LogP contribution >= 0.6 is 0 Å². The monoisotopic (exact) mass is 363 g/mol. The number of rotatable bonds is 4. The van der Waals surface area contributed by atoms with E-state index in [-0.39, 0.29) is 24.4 Å². The van der Waals surface area contributed by atoms with E-state index in [0.717, 1.165) is 23.3 Å². The summed E-state index contributed by atoms with van der Waals surface area (Å²) in [6.07, 6.45) is -4.39. The molecular weight excluding hydrogens is 343 g/mol. The van der Waals surface area contributed by atoms with E-state index in [1.807, 2.05) is 31.2 Å². The number of nitrogens with one attached hydrogen (secondary N) is 3. The number of alkyl halides is 3. The number of benzene rings is 2. The first-order valence-electron chi connectivity index (χ1n) is 8.33. The Labute approximate surface area is 149 Å². The van der Waals surface area contributed by atoms with Crippen molar-refractivity contribution in [2.75, 3.05) is 6.54 Å². The predicted molar refractivity (Wildman–Crippen MR) is 91.8 cm³/mol. The Balaban J connectivity index is 1.65. The molecule has 2 aromatic carbocycles. The lowest BCUT2D eigenvalue weighted by Gasteiger charge is -2.19. The van der Waals surface area contributed by atoms with Gasteiger partial charge in [0.05, 0.1) is 17.5 Å². The number of carbonyl (C=O) groups is 1. The van der Waals surface area contributed by atoms with Crippen LogP contribution in [0.5, 0.6) is 0 Å². The van der Waals surface area contributed by atoms with Crippen molar-refractivity contribution in [2.24, 2.45) is 5.92 Å². The Morgan fingerprint density at radius 3 is 2.62 bits per heavy atom. The van der Waals surface area contributed by atoms with Crippen LogP contribution in [0, 0.1) is 12.8 Å². The summed E-state index contributed by atoms with van der Waals surface area (Å²) in [7, 11) is 0. The van der Waals surface area contributed by atoms with Crippen LogP contribution in [0.2, 0.25) is 0 Å². The van der Waals surface area contributed by atoms with Crippen LogP contribution in [0.1, 0.15) is 28.3 Å². The molecule has 0 spiro atoms. The van der Waals surface area contributed by atoms with Crippen LogP contribution in [0.15, 0.2) is 48.5 Å². The summed E-state index contributed by atoms with van der Waals surface area (Å²) in [5.74, 6) is -0.547. The number of halogens is 3. The van der Waals surface area contributed by atoms with Gasteiger partial charge >= 0.3 is 6.18 Å². The van der Waals surface area contributed by atoms with Crippen LogP contribution < -0.4 is 16.2 Å². The molecule has 1 aliphatic rings. The first-order chi connectivity index (χ1) is 12.3. The Hall–Kier alpha value is -2.38. The third kappa shape index (κ3) is 4.23. The first kappa shape index (κ1) is 18.4. The summed E-state index contributed by atoms with van der Waals surface area (Å²) in [5.41, 5.74) is 7.89. The van der Waals surface area contributed by atoms with Gasteiger partial charge in [-0.3, -0.25) is 10.2 Å². The molecule has 0 saturated carbocycles. The highest BCUT2D eigenvalue weighted by Crippen LogP contribution is 2.29. The molecule has 0 aromatic heterocycles. The van der Waals surface area contributed by atoms with Gasteiger partial charge in [-0.05, 0) is 30.2 Å². The molecule has 1 aliphatic heterocycles. The van der Waals surface area contributed by atoms with E-state index in [0.29, 0.717) is 12.1 Å². The summed E-state index contributed by atoms with van der Waals surface area (Å²) >= 11 is 0. The SMILES string of the molecule is Cc1ccc(C2NNCC2C(=O)NCc2cccc(C(F)(F)F)c2)cc1. The van der Waals surface area contributed by atoms with Gasteiger partial charge in [0.1, 0.15) is 0 Å². The number of carbonyl (C=O) groups excluding carboxylic acids is 1. The topological polar surface area (TPSA) is 53.2 Å². The Morgan fingerprint density at radius 1 is 1.19 bits per heavy atom. The molecule has 7 heteroatoms. The molecule has 1 amide bonds. The normalized spacial score (nSPS) is 20.2. The van der Waals surface area contributed by atoms with Gasteiger partial charge < -0.3 is 5.32 Å². The van der Waals surface area contributed by atoms with E-state index in [4.69, 9.17) is 0 Å². The van der Waals surface area contributed by atoms with E-state index in [9.17, 15) is 18.0 Å². The van der Waals surface area contributed by atoms with Gasteiger partial charge in [-0.2, -0.15) is 13.2 Å². The number of hydrogen-bond donors (Lipinski definition) is 3. The van der Waals surface area contributed by atoms with Crippen molar-refractivity contribution < 1.29 is 18.0 Å². The van der Waals surface area contributed by atoms with Gasteiger partial charge in [-0.25, -0.2) is 5.43 Å². The lowest BCUT2D eigenvalue weighted by molar-refractivity contribution is -0.137. The Morgan fingerprint density at radius 2 is 1.92 bits per heavy atom. The zero-order valence-electron chi connectivity index (χ0n) is 14.2. The second kappa shape index (κ2) is 7.47. The zero-order valence-corrected chi connectivity index (χ0v) is 14.2. The van der Waals surface area contributed by atoms with Crippen molar-refractivity contribution in [3.05, 3.63) is 70.8 Å². The predicted octanol–water partition coefficient (Wildman–Crippen LogP) is 3.10. The number of amides is 1. The van der Waals surface area contributed by atoms with Crippen LogP contribution in [0.4, 0.5) is 13.2 Å². The molecule has 3 rings (SSSR count). The average molecular weight is 363 g/mol. The molecule has 1 heterocycles. The Bertz CT molecular complexity index is 774. The molecule has 2 aromatic rings. The molecule has 1 saturated heterocycles. The molecule has 0 radical (unpaired) electrons. The quantitative estimate of drug-likeness (QED) is 0.783. The number of hydrogen-bond acceptors (Lipinski definition) is 3. The van der Waals surface area contributed by atoms with Crippen molar-refractivity contribution in [2.45, 2.75) is 25.7 Å². The van der Waals surface area contributed by atoms with Crippen LogP contribution in [-0.4, -0.2) is 12.5 Å². The molecular formula is C19H20F3N3O. The van der Waals surface area contributed by atoms with Gasteiger partial charge in [0, 0.05) is 13.1 Å². The fraction of sp³-hybridized carbons (Fsp3) is 0.316. The fourth-order valence-corrected chi connectivity index (χ4v) is 3.01. The molecule has 26 heavy (non-hydrogen) atoms. The summed E-state index contributed by atoms with van der Waals surface area (Å²) in [4.78, 5) is 12.5. The third-order valence-corrected chi connectivity index (χ3v) is 4.48. The number of hydrazine groups is 1. The largest absolute Gasteiger partial charge is 0.416 e. The first-order valence-corrected chi connectivity index (χ1v) is 8.33. The van der Waals surface area contributed by atoms with Crippen molar-refractivity contribution in [1.82, 2.24) is 16.2 Å². The summed E-state index contributed by atoms with van der Waals surface area (Å²) < 4.78 is 38.3. The van der Waals surface area contributed by atoms with Crippen molar-refractivity contribution >= 4 is 5.91 Å². The lowest BCUT2D eigenvalue weighted by Crippen LogP contribution is -2.34. The zero-order chi connectivity index (χ0) is 18.7. The lowest BCUT2D eigenvalue weighted by atomic mass is 9.93. The smallest absolute Gasteiger partial charge is 0.352 e. The summed E-state index contributed by atoms with van der Waals surface area (Å²) in [5, 5.41) is 2.74. The molecule has 1 fully saturated rings. The van der Waals surface area contributed by atoms with E-state index < -0.39 is 11.7 Å². The minimum Gasteiger partial charge on any atom is -0.352 e. The van der Waals surface area contributed by atoms with E-state index in [2.05, 4.69) is 16.2 Å². The molecule has 2 atom stereocenters. The van der Waals surface area contributed by atoms with Gasteiger partial charge in [-0.1, -0.05) is 42.0 Å². The minimum atomic E-state index is -4.39. The van der Waals surface area contributed by atoms with Crippen molar-refractivity contribution in [3.8, 4) is 0 Å². The fourth-order valence-electron chi connectivity index (χ4n) is 3.01. The van der Waals surface area contributed by atoms with Gasteiger partial charge in [0.2, 0.25) is 5.91 Å². The Kier molecular flexibility index (Phi) is 5.29. The van der Waals surface area contributed by atoms with Crippen LogP contribution in [0.3, 0.4) is 0 Å². The van der Waals surface area contributed by atoms with Crippen molar-refractivity contribution in [3.63, 3.8) is 0 Å². The second-order valence-corrected chi connectivity index (χ2v) is 6.44. The summed E-state index contributed by atoms with van der Waals surface area (Å²) in [6, 6.07) is 12.7. The minimum absolute atomic E-state index is 0.0554. The molecule has 4 nitrogen and oxygen atoms in total. The maximum absolute atomic E-state index is 12.8. The van der Waals surface area contributed by atoms with Crippen molar-refractivity contribution in [1.29, 1.82) is 0 Å². The molecule has 0 bridgehead atoms. The van der Waals surface area contributed by atoms with Crippen LogP contribution in [0.25, 0.3) is 0 Å². The maximum atomic E-state index is 12.8. The molecule has 2 unspecified atom stereocenters. The molecule has 138 valence electrons. The number of aryl methyl sites for hydroxylation is 1. The standard InChI is InChI=1S/C19H20F3N3O/c1-12-5-7-14(8-6-12)17-16(11-24-25-17)18(26)23-10-13-3-2-4-15(9-13)19(20,21)22/h2-9,16-17,24-25H,10-11H2,1H3,(H,23,26). The van der Waals surface area contributed by atoms with Gasteiger partial charge in [0.15, 0.2) is 0 Å². The highest BCUT2D eigenvalue weighted by Gasteiger charge is 2.34. The van der Waals surface area contributed by atoms with Gasteiger partial charge in [-0.15, -0.1) is 0 Å². The second-order valence-electron chi connectivity index (χ2n) is 6.44. The molecule has 0 aliphatic carbocycles. The summed E-state index contributed by atoms with van der Waals surface area (Å²) in [6.45, 7) is 2.50. The van der Waals surface area contributed by atoms with Gasteiger partial charge in [0.25, 0.3) is 0 Å². The maximum Gasteiger partial charge on any atom is 0.416 e. The van der Waals surface area contributed by atoms with Crippen LogP contribution in [-0.2, 0) is 17.5 Å². The van der Waals surface area contributed by atoms with E-state index in [1.165, 1.54) is 6.07 Å². The van der Waals surface area contributed by atoms with E-state index in [1.54, 1.807) is 6.07 Å². The highest BCUT2D eigenvalue weighted by molar-refractivity contribution is 5.80. The van der Waals surface area contributed by atoms with E-state index >= 15 is 0 Å². The molecule has 3 N–H and O–H groups in total. The third-order valence-electron chi connectivity index (χ3n) is 4.48. The average Bonchev–Trinajstić information content (AvgIpc) is 3.09. The highest BCUT2D eigenvalue weighted by atomic mass is 19.4.